The molecule has 0 bridgehead atoms. The molecule has 0 aliphatic rings. The Labute approximate surface area is 110 Å². The summed E-state index contributed by atoms with van der Waals surface area (Å²) in [4.78, 5) is 1.40. The molecule has 0 radical (unpaired) electrons. The SMILES string of the molecule is CCNC(CC(C)CC)c1ccccc1SC. The Morgan fingerprint density at radius 3 is 2.53 bits per heavy atom. The third-order valence-electron chi connectivity index (χ3n) is 3.30. The predicted octanol–water partition coefficient (Wildman–Crippen LogP) is 4.50. The fourth-order valence-electron chi connectivity index (χ4n) is 2.09. The minimum absolute atomic E-state index is 0.499. The summed E-state index contributed by atoms with van der Waals surface area (Å²) in [7, 11) is 0. The lowest BCUT2D eigenvalue weighted by molar-refractivity contribution is 0.405. The molecule has 1 aromatic carbocycles. The minimum atomic E-state index is 0.499. The predicted molar refractivity (Wildman–Crippen MR) is 78.7 cm³/mol. The lowest BCUT2D eigenvalue weighted by atomic mass is 9.94. The first-order chi connectivity index (χ1) is 8.22. The molecule has 96 valence electrons. The largest absolute Gasteiger partial charge is 0.310 e. The van der Waals surface area contributed by atoms with Crippen molar-refractivity contribution in [1.29, 1.82) is 0 Å². The highest BCUT2D eigenvalue weighted by molar-refractivity contribution is 7.98. The maximum absolute atomic E-state index is 3.63. The third kappa shape index (κ3) is 4.36. The van der Waals surface area contributed by atoms with Crippen LogP contribution >= 0.6 is 11.8 Å². The molecule has 2 atom stereocenters. The fourth-order valence-corrected chi connectivity index (χ4v) is 2.75. The van der Waals surface area contributed by atoms with Crippen molar-refractivity contribution in [1.82, 2.24) is 5.32 Å². The van der Waals surface area contributed by atoms with Crippen LogP contribution in [0.2, 0.25) is 0 Å². The molecule has 0 aromatic heterocycles. The summed E-state index contributed by atoms with van der Waals surface area (Å²) in [5.74, 6) is 0.772. The first-order valence-electron chi connectivity index (χ1n) is 6.59. The van der Waals surface area contributed by atoms with Gasteiger partial charge in [0.05, 0.1) is 0 Å². The zero-order valence-electron chi connectivity index (χ0n) is 11.5. The van der Waals surface area contributed by atoms with E-state index in [1.807, 2.05) is 11.8 Å². The highest BCUT2D eigenvalue weighted by Crippen LogP contribution is 2.30. The number of rotatable bonds is 7. The molecule has 1 aromatic rings. The second-order valence-electron chi connectivity index (χ2n) is 4.60. The van der Waals surface area contributed by atoms with Gasteiger partial charge in [0.25, 0.3) is 0 Å². The van der Waals surface area contributed by atoms with E-state index in [0.29, 0.717) is 6.04 Å². The monoisotopic (exact) mass is 251 g/mol. The van der Waals surface area contributed by atoms with Crippen LogP contribution in [-0.2, 0) is 0 Å². The van der Waals surface area contributed by atoms with Gasteiger partial charge in [0.1, 0.15) is 0 Å². The molecular weight excluding hydrogens is 226 g/mol. The first-order valence-corrected chi connectivity index (χ1v) is 7.81. The van der Waals surface area contributed by atoms with Gasteiger partial charge >= 0.3 is 0 Å². The van der Waals surface area contributed by atoms with E-state index in [0.717, 1.165) is 12.5 Å². The third-order valence-corrected chi connectivity index (χ3v) is 4.11. The number of thioether (sulfide) groups is 1. The smallest absolute Gasteiger partial charge is 0.0333 e. The second kappa shape index (κ2) is 7.78. The normalized spacial score (nSPS) is 14.6. The molecule has 2 unspecified atom stereocenters. The van der Waals surface area contributed by atoms with Gasteiger partial charge < -0.3 is 5.32 Å². The van der Waals surface area contributed by atoms with Crippen LogP contribution in [0.25, 0.3) is 0 Å². The summed E-state index contributed by atoms with van der Waals surface area (Å²) in [6.07, 6.45) is 4.64. The zero-order chi connectivity index (χ0) is 12.7. The molecule has 1 rings (SSSR count). The van der Waals surface area contributed by atoms with Crippen LogP contribution in [0, 0.1) is 5.92 Å². The van der Waals surface area contributed by atoms with Crippen molar-refractivity contribution in [3.05, 3.63) is 29.8 Å². The van der Waals surface area contributed by atoms with E-state index in [1.54, 1.807) is 0 Å². The van der Waals surface area contributed by atoms with Crippen molar-refractivity contribution < 1.29 is 0 Å². The molecule has 0 heterocycles. The lowest BCUT2D eigenvalue weighted by Crippen LogP contribution is -2.23. The Kier molecular flexibility index (Phi) is 6.68. The first kappa shape index (κ1) is 14.6. The topological polar surface area (TPSA) is 12.0 Å². The summed E-state index contributed by atoms with van der Waals surface area (Å²) in [5, 5.41) is 3.63. The Balaban J connectivity index is 2.88. The van der Waals surface area contributed by atoms with E-state index in [1.165, 1.54) is 23.3 Å². The zero-order valence-corrected chi connectivity index (χ0v) is 12.3. The summed E-state index contributed by atoms with van der Waals surface area (Å²) < 4.78 is 0. The maximum atomic E-state index is 3.63. The van der Waals surface area contributed by atoms with Gasteiger partial charge in [-0.25, -0.2) is 0 Å². The van der Waals surface area contributed by atoms with Gasteiger partial charge in [-0.1, -0.05) is 45.4 Å². The van der Waals surface area contributed by atoms with Gasteiger partial charge in [-0.3, -0.25) is 0 Å². The van der Waals surface area contributed by atoms with Crippen molar-refractivity contribution >= 4 is 11.8 Å². The van der Waals surface area contributed by atoms with E-state index < -0.39 is 0 Å². The standard InChI is InChI=1S/C15H25NS/c1-5-12(3)11-14(16-6-2)13-9-7-8-10-15(13)17-4/h7-10,12,14,16H,5-6,11H2,1-4H3. The van der Waals surface area contributed by atoms with Crippen LogP contribution in [0.3, 0.4) is 0 Å². The van der Waals surface area contributed by atoms with Crippen LogP contribution in [0.1, 0.15) is 45.2 Å². The molecule has 1 N–H and O–H groups in total. The molecule has 0 amide bonds. The van der Waals surface area contributed by atoms with E-state index in [4.69, 9.17) is 0 Å². The van der Waals surface area contributed by atoms with Gasteiger partial charge in [0, 0.05) is 10.9 Å². The van der Waals surface area contributed by atoms with E-state index in [-0.39, 0.29) is 0 Å². The van der Waals surface area contributed by atoms with Crippen molar-refractivity contribution in [3.8, 4) is 0 Å². The minimum Gasteiger partial charge on any atom is -0.310 e. The summed E-state index contributed by atoms with van der Waals surface area (Å²) in [6.45, 7) is 7.83. The average Bonchev–Trinajstić information content (AvgIpc) is 2.38. The molecule has 0 aliphatic carbocycles. The molecule has 0 saturated heterocycles. The highest BCUT2D eigenvalue weighted by atomic mass is 32.2. The Morgan fingerprint density at radius 2 is 1.94 bits per heavy atom. The fraction of sp³-hybridized carbons (Fsp3) is 0.600. The summed E-state index contributed by atoms with van der Waals surface area (Å²) >= 11 is 1.84. The molecule has 0 saturated carbocycles. The van der Waals surface area contributed by atoms with Crippen molar-refractivity contribution in [3.63, 3.8) is 0 Å². The van der Waals surface area contributed by atoms with Crippen LogP contribution in [-0.4, -0.2) is 12.8 Å². The van der Waals surface area contributed by atoms with Crippen LogP contribution in [0.5, 0.6) is 0 Å². The van der Waals surface area contributed by atoms with Crippen molar-refractivity contribution in [2.24, 2.45) is 5.92 Å². The van der Waals surface area contributed by atoms with Gasteiger partial charge in [0.2, 0.25) is 0 Å². The van der Waals surface area contributed by atoms with E-state index in [9.17, 15) is 0 Å². The van der Waals surface area contributed by atoms with Gasteiger partial charge in [-0.15, -0.1) is 11.8 Å². The number of hydrogen-bond donors (Lipinski definition) is 1. The average molecular weight is 251 g/mol. The van der Waals surface area contributed by atoms with E-state index in [2.05, 4.69) is 56.6 Å². The summed E-state index contributed by atoms with van der Waals surface area (Å²) in [5.41, 5.74) is 1.46. The maximum Gasteiger partial charge on any atom is 0.0333 e. The Morgan fingerprint density at radius 1 is 1.24 bits per heavy atom. The van der Waals surface area contributed by atoms with Crippen molar-refractivity contribution in [2.45, 2.75) is 44.6 Å². The van der Waals surface area contributed by atoms with Gasteiger partial charge in [-0.05, 0) is 36.8 Å². The molecular formula is C15H25NS. The molecule has 0 aliphatic heterocycles. The van der Waals surface area contributed by atoms with Crippen LogP contribution in [0.4, 0.5) is 0 Å². The van der Waals surface area contributed by atoms with E-state index >= 15 is 0 Å². The quantitative estimate of drug-likeness (QED) is 0.716. The second-order valence-corrected chi connectivity index (χ2v) is 5.45. The Bertz CT molecular complexity index is 324. The number of nitrogens with one attached hydrogen (secondary N) is 1. The molecule has 0 fully saturated rings. The van der Waals surface area contributed by atoms with Gasteiger partial charge in [0.15, 0.2) is 0 Å². The molecule has 0 spiro atoms. The lowest BCUT2D eigenvalue weighted by Gasteiger charge is -2.23. The number of hydrogen-bond acceptors (Lipinski definition) is 2. The molecule has 17 heavy (non-hydrogen) atoms. The van der Waals surface area contributed by atoms with Crippen LogP contribution < -0.4 is 5.32 Å². The molecule has 2 heteroatoms. The van der Waals surface area contributed by atoms with Crippen LogP contribution in [0.15, 0.2) is 29.2 Å². The van der Waals surface area contributed by atoms with Gasteiger partial charge in [-0.2, -0.15) is 0 Å². The van der Waals surface area contributed by atoms with Crippen molar-refractivity contribution in [2.75, 3.05) is 12.8 Å². The molecule has 1 nitrogen and oxygen atoms in total. The number of benzene rings is 1. The highest BCUT2D eigenvalue weighted by Gasteiger charge is 2.16. The Hall–Kier alpha value is -0.470. The summed E-state index contributed by atoms with van der Waals surface area (Å²) in [6, 6.07) is 9.26.